The van der Waals surface area contributed by atoms with Crippen molar-refractivity contribution in [2.45, 2.75) is 45.3 Å². The van der Waals surface area contributed by atoms with E-state index in [2.05, 4.69) is 11.8 Å². The Labute approximate surface area is 162 Å². The minimum Gasteiger partial charge on any atom is -0.492 e. The van der Waals surface area contributed by atoms with Crippen molar-refractivity contribution < 1.29 is 14.3 Å². The van der Waals surface area contributed by atoms with Crippen molar-refractivity contribution in [1.82, 2.24) is 4.90 Å². The van der Waals surface area contributed by atoms with Gasteiger partial charge in [0.15, 0.2) is 0 Å². The average molecular weight is 367 g/mol. The highest BCUT2D eigenvalue weighted by molar-refractivity contribution is 5.70. The SMILES string of the molecule is Cc1ccc(OCC(CC(=O)OCc2ccccc2)N2CCCCC2)cc1. The molecule has 0 N–H and O–H groups in total. The van der Waals surface area contributed by atoms with E-state index < -0.39 is 0 Å². The maximum absolute atomic E-state index is 12.4. The van der Waals surface area contributed by atoms with E-state index >= 15 is 0 Å². The number of carbonyl (C=O) groups excluding carboxylic acids is 1. The number of nitrogens with zero attached hydrogens (tertiary/aromatic N) is 1. The molecule has 1 unspecified atom stereocenters. The summed E-state index contributed by atoms with van der Waals surface area (Å²) in [6.07, 6.45) is 3.99. The van der Waals surface area contributed by atoms with Gasteiger partial charge in [0.25, 0.3) is 0 Å². The molecule has 4 nitrogen and oxygen atoms in total. The van der Waals surface area contributed by atoms with Crippen LogP contribution in [0.5, 0.6) is 5.75 Å². The molecule has 1 heterocycles. The predicted molar refractivity (Wildman–Crippen MR) is 107 cm³/mol. The summed E-state index contributed by atoms with van der Waals surface area (Å²) in [6, 6.07) is 17.9. The number of esters is 1. The monoisotopic (exact) mass is 367 g/mol. The fraction of sp³-hybridized carbons (Fsp3) is 0.435. The lowest BCUT2D eigenvalue weighted by atomic mass is 10.1. The van der Waals surface area contributed by atoms with Crippen LogP contribution in [0.1, 0.15) is 36.8 Å². The number of piperidine rings is 1. The van der Waals surface area contributed by atoms with Gasteiger partial charge in [0.05, 0.1) is 12.5 Å². The number of likely N-dealkylation sites (tertiary alicyclic amines) is 1. The number of aryl methyl sites for hydroxylation is 1. The summed E-state index contributed by atoms with van der Waals surface area (Å²) in [5, 5.41) is 0. The Morgan fingerprint density at radius 1 is 1.00 bits per heavy atom. The minimum atomic E-state index is -0.165. The summed E-state index contributed by atoms with van der Waals surface area (Å²) >= 11 is 0. The second-order valence-corrected chi connectivity index (χ2v) is 7.22. The molecule has 0 saturated carbocycles. The van der Waals surface area contributed by atoms with Crippen LogP contribution in [0.2, 0.25) is 0 Å². The lowest BCUT2D eigenvalue weighted by Crippen LogP contribution is -2.44. The van der Waals surface area contributed by atoms with Gasteiger partial charge >= 0.3 is 5.97 Å². The molecule has 0 bridgehead atoms. The first-order valence-electron chi connectivity index (χ1n) is 9.84. The summed E-state index contributed by atoms with van der Waals surface area (Å²) in [7, 11) is 0. The standard InChI is InChI=1S/C23H29NO3/c1-19-10-12-22(13-11-19)26-18-21(24-14-6-3-7-15-24)16-23(25)27-17-20-8-4-2-5-9-20/h2,4-5,8-13,21H,3,6-7,14-18H2,1H3. The Bertz CT molecular complexity index is 693. The Morgan fingerprint density at radius 3 is 2.41 bits per heavy atom. The van der Waals surface area contributed by atoms with Crippen LogP contribution in [0.3, 0.4) is 0 Å². The minimum absolute atomic E-state index is 0.0508. The van der Waals surface area contributed by atoms with Crippen LogP contribution in [0, 0.1) is 6.92 Å². The second-order valence-electron chi connectivity index (χ2n) is 7.22. The van der Waals surface area contributed by atoms with Crippen molar-refractivity contribution in [2.24, 2.45) is 0 Å². The van der Waals surface area contributed by atoms with Crippen molar-refractivity contribution >= 4 is 5.97 Å². The molecule has 0 aliphatic carbocycles. The molecule has 4 heteroatoms. The van der Waals surface area contributed by atoms with Crippen molar-refractivity contribution in [3.8, 4) is 5.75 Å². The first-order valence-corrected chi connectivity index (χ1v) is 9.84. The third kappa shape index (κ3) is 6.40. The molecule has 1 aliphatic rings. The van der Waals surface area contributed by atoms with Gasteiger partial charge in [-0.05, 0) is 50.6 Å². The number of hydrogen-bond donors (Lipinski definition) is 0. The molecule has 2 aromatic rings. The van der Waals surface area contributed by atoms with E-state index in [-0.39, 0.29) is 12.0 Å². The van der Waals surface area contributed by atoms with Crippen LogP contribution in [-0.2, 0) is 16.1 Å². The zero-order chi connectivity index (χ0) is 18.9. The third-order valence-corrected chi connectivity index (χ3v) is 5.02. The molecule has 3 rings (SSSR count). The Hall–Kier alpha value is -2.33. The van der Waals surface area contributed by atoms with Gasteiger partial charge in [0, 0.05) is 0 Å². The van der Waals surface area contributed by atoms with Crippen LogP contribution in [-0.4, -0.2) is 36.6 Å². The van der Waals surface area contributed by atoms with E-state index in [9.17, 15) is 4.79 Å². The van der Waals surface area contributed by atoms with Crippen molar-refractivity contribution in [3.63, 3.8) is 0 Å². The number of rotatable bonds is 8. The maximum Gasteiger partial charge on any atom is 0.307 e. The highest BCUT2D eigenvalue weighted by Crippen LogP contribution is 2.18. The van der Waals surface area contributed by atoms with Gasteiger partial charge < -0.3 is 9.47 Å². The van der Waals surface area contributed by atoms with Gasteiger partial charge in [-0.1, -0.05) is 54.4 Å². The first-order chi connectivity index (χ1) is 13.2. The quantitative estimate of drug-likeness (QED) is 0.650. The zero-order valence-electron chi connectivity index (χ0n) is 16.1. The number of carbonyl (C=O) groups is 1. The molecular weight excluding hydrogens is 338 g/mol. The van der Waals surface area contributed by atoms with E-state index in [1.54, 1.807) is 0 Å². The van der Waals surface area contributed by atoms with E-state index in [0.717, 1.165) is 24.4 Å². The number of ether oxygens (including phenoxy) is 2. The van der Waals surface area contributed by atoms with Crippen LogP contribution < -0.4 is 4.74 Å². The first kappa shape index (κ1) is 19.4. The summed E-state index contributed by atoms with van der Waals surface area (Å²) in [5.41, 5.74) is 2.22. The second kappa shape index (κ2) is 10.1. The molecule has 1 fully saturated rings. The summed E-state index contributed by atoms with van der Waals surface area (Å²) in [4.78, 5) is 14.8. The van der Waals surface area contributed by atoms with Crippen LogP contribution in [0.25, 0.3) is 0 Å². The lowest BCUT2D eigenvalue weighted by molar-refractivity contribution is -0.146. The zero-order valence-corrected chi connectivity index (χ0v) is 16.1. The maximum atomic E-state index is 12.4. The molecule has 0 amide bonds. The fourth-order valence-corrected chi connectivity index (χ4v) is 3.39. The largest absolute Gasteiger partial charge is 0.492 e. The van der Waals surface area contributed by atoms with Gasteiger partial charge in [-0.15, -0.1) is 0 Å². The normalized spacial score (nSPS) is 15.9. The molecule has 1 aliphatic heterocycles. The Morgan fingerprint density at radius 2 is 1.70 bits per heavy atom. The number of benzene rings is 2. The van der Waals surface area contributed by atoms with E-state index in [1.165, 1.54) is 24.8 Å². The molecule has 1 saturated heterocycles. The molecule has 27 heavy (non-hydrogen) atoms. The third-order valence-electron chi connectivity index (χ3n) is 5.02. The van der Waals surface area contributed by atoms with E-state index in [4.69, 9.17) is 9.47 Å². The molecule has 0 aromatic heterocycles. The van der Waals surface area contributed by atoms with E-state index in [1.807, 2.05) is 54.6 Å². The van der Waals surface area contributed by atoms with Crippen LogP contribution >= 0.6 is 0 Å². The lowest BCUT2D eigenvalue weighted by Gasteiger charge is -2.33. The Balaban J connectivity index is 1.55. The summed E-state index contributed by atoms with van der Waals surface area (Å²) in [5.74, 6) is 0.683. The van der Waals surface area contributed by atoms with Crippen LogP contribution in [0.15, 0.2) is 54.6 Å². The molecule has 0 radical (unpaired) electrons. The summed E-state index contributed by atoms with van der Waals surface area (Å²) in [6.45, 7) is 4.93. The molecule has 144 valence electrons. The van der Waals surface area contributed by atoms with Crippen LogP contribution in [0.4, 0.5) is 0 Å². The molecule has 0 spiro atoms. The average Bonchev–Trinajstić information content (AvgIpc) is 2.72. The Kier molecular flexibility index (Phi) is 7.28. The van der Waals surface area contributed by atoms with Gasteiger partial charge in [0.2, 0.25) is 0 Å². The van der Waals surface area contributed by atoms with Gasteiger partial charge in [-0.25, -0.2) is 0 Å². The molecule has 2 aromatic carbocycles. The van der Waals surface area contributed by atoms with Crippen molar-refractivity contribution in [2.75, 3.05) is 19.7 Å². The van der Waals surface area contributed by atoms with Gasteiger partial charge in [-0.3, -0.25) is 9.69 Å². The van der Waals surface area contributed by atoms with E-state index in [0.29, 0.717) is 19.6 Å². The highest BCUT2D eigenvalue weighted by Gasteiger charge is 2.24. The van der Waals surface area contributed by atoms with Crippen molar-refractivity contribution in [3.05, 3.63) is 65.7 Å². The highest BCUT2D eigenvalue weighted by atomic mass is 16.5. The topological polar surface area (TPSA) is 38.8 Å². The smallest absolute Gasteiger partial charge is 0.307 e. The molecule has 1 atom stereocenters. The molecular formula is C23H29NO3. The van der Waals surface area contributed by atoms with Gasteiger partial charge in [0.1, 0.15) is 19.0 Å². The van der Waals surface area contributed by atoms with Crippen molar-refractivity contribution in [1.29, 1.82) is 0 Å². The summed E-state index contributed by atoms with van der Waals surface area (Å²) < 4.78 is 11.5. The van der Waals surface area contributed by atoms with Gasteiger partial charge in [-0.2, -0.15) is 0 Å². The predicted octanol–water partition coefficient (Wildman–Crippen LogP) is 4.36. The number of hydrogen-bond acceptors (Lipinski definition) is 4. The fourth-order valence-electron chi connectivity index (χ4n) is 3.39.